The average Bonchev–Trinajstić information content (AvgIpc) is 3.25. The highest BCUT2D eigenvalue weighted by molar-refractivity contribution is 5.97. The largest absolute Gasteiger partial charge is 0.455 e. The minimum Gasteiger partial charge on any atom is -0.455 e. The van der Waals surface area contributed by atoms with Crippen molar-refractivity contribution in [3.8, 4) is 0 Å². The summed E-state index contributed by atoms with van der Waals surface area (Å²) in [5, 5.41) is 55.9. The first-order valence-corrected chi connectivity index (χ1v) is 18.8. The van der Waals surface area contributed by atoms with Crippen LogP contribution >= 0.6 is 0 Å². The number of allylic oxidation sites excluding steroid dienone is 1. The molecule has 0 unspecified atom stereocenters. The van der Waals surface area contributed by atoms with E-state index in [9.17, 15) is 44.7 Å². The molecule has 1 heterocycles. The smallest absolute Gasteiger partial charge is 0.303 e. The number of aliphatic hydroxyl groups excluding tert-OH is 3. The topological polar surface area (TPSA) is 206 Å². The van der Waals surface area contributed by atoms with Crippen LogP contribution in [0.25, 0.3) is 0 Å². The van der Waals surface area contributed by atoms with Crippen LogP contribution in [0.1, 0.15) is 102 Å². The summed E-state index contributed by atoms with van der Waals surface area (Å²) in [5.41, 5.74) is -6.25. The average molecular weight is 749 g/mol. The molecule has 5 aliphatic rings. The van der Waals surface area contributed by atoms with Gasteiger partial charge in [-0.3, -0.25) is 19.2 Å². The molecule has 3 saturated carbocycles. The Kier molecular flexibility index (Phi) is 10.7. The van der Waals surface area contributed by atoms with Crippen LogP contribution in [0, 0.1) is 39.4 Å². The molecule has 0 radical (unpaired) electrons. The van der Waals surface area contributed by atoms with Gasteiger partial charge in [0.2, 0.25) is 0 Å². The van der Waals surface area contributed by atoms with Gasteiger partial charge in [-0.15, -0.1) is 0 Å². The van der Waals surface area contributed by atoms with Crippen LogP contribution in [0.4, 0.5) is 0 Å². The fourth-order valence-electron chi connectivity index (χ4n) is 11.1. The van der Waals surface area contributed by atoms with E-state index >= 15 is 0 Å². The van der Waals surface area contributed by atoms with E-state index in [0.29, 0.717) is 6.42 Å². The molecule has 0 amide bonds. The Balaban J connectivity index is 1.65. The first-order chi connectivity index (χ1) is 24.1. The number of carbonyl (C=O) groups is 4. The van der Waals surface area contributed by atoms with Crippen LogP contribution in [0.5, 0.6) is 0 Å². The number of hydrogen-bond acceptors (Lipinski definition) is 13. The molecule has 4 aliphatic carbocycles. The lowest BCUT2D eigenvalue weighted by Crippen LogP contribution is -2.66. The number of fused-ring (bicyclic) bond motifs is 5. The quantitative estimate of drug-likeness (QED) is 0.138. The number of Topliss-reactive ketones (excluding diaryl/α,β-unsaturated/α-hetero) is 1. The molecule has 0 aromatic heterocycles. The van der Waals surface area contributed by atoms with E-state index in [1.807, 2.05) is 34.6 Å². The molecule has 13 nitrogen and oxygen atoms in total. The van der Waals surface area contributed by atoms with Gasteiger partial charge in [-0.1, -0.05) is 52.3 Å². The number of esters is 2. The molecule has 298 valence electrons. The second kappa shape index (κ2) is 13.6. The van der Waals surface area contributed by atoms with E-state index in [4.69, 9.17) is 18.9 Å². The Labute approximate surface area is 312 Å². The third kappa shape index (κ3) is 6.65. The highest BCUT2D eigenvalue weighted by atomic mass is 16.7. The molecule has 1 aliphatic heterocycles. The molecule has 0 aromatic rings. The minimum absolute atomic E-state index is 0.0490. The number of ketones is 2. The van der Waals surface area contributed by atoms with Gasteiger partial charge in [0, 0.05) is 37.0 Å². The van der Waals surface area contributed by atoms with Gasteiger partial charge < -0.3 is 44.5 Å². The summed E-state index contributed by atoms with van der Waals surface area (Å²) in [6.07, 6.45) is -4.30. The summed E-state index contributed by atoms with van der Waals surface area (Å²) < 4.78 is 23.9. The second-order valence-corrected chi connectivity index (χ2v) is 18.4. The highest BCUT2D eigenvalue weighted by Crippen LogP contribution is 2.74. The Morgan fingerprint density at radius 2 is 1.53 bits per heavy atom. The number of hydrogen-bond donors (Lipinski definition) is 5. The Morgan fingerprint density at radius 3 is 2.09 bits per heavy atom. The number of ether oxygens (including phenoxy) is 4. The van der Waals surface area contributed by atoms with Crippen LogP contribution in [-0.2, 0) is 38.1 Å². The predicted octanol–water partition coefficient (Wildman–Crippen LogP) is 2.71. The van der Waals surface area contributed by atoms with Crippen molar-refractivity contribution < 1.29 is 63.7 Å². The van der Waals surface area contributed by atoms with E-state index in [-0.39, 0.29) is 36.9 Å². The van der Waals surface area contributed by atoms with Crippen molar-refractivity contribution in [2.45, 2.75) is 162 Å². The Morgan fingerprint density at radius 1 is 0.943 bits per heavy atom. The molecule has 0 aromatic carbocycles. The van der Waals surface area contributed by atoms with Crippen molar-refractivity contribution in [3.63, 3.8) is 0 Å². The van der Waals surface area contributed by atoms with E-state index < -0.39 is 106 Å². The Bertz CT molecular complexity index is 1560. The zero-order chi connectivity index (χ0) is 40.0. The fraction of sp³-hybridized carbons (Fsp3) is 0.800. The molecule has 1 saturated heterocycles. The summed E-state index contributed by atoms with van der Waals surface area (Å²) in [6, 6.07) is 0. The van der Waals surface area contributed by atoms with E-state index in [1.165, 1.54) is 26.8 Å². The SMILES string of the molecule is CC(=O)O[C@@H]1[C@H](O[C@@H]2C[C@@]3(C)[C@@H]4CC=C5[C@@H](C[C@H](O)[C@@H](O)C5(C)C)[C@]4(C)C(=O)C[C@]3(C)[C@H]2[C@@](C)(O)C(=O)/C=C/C(C)(C)O)O[C@@H](C)[C@H](O)[C@@H]1OC(C)=O. The predicted molar refractivity (Wildman–Crippen MR) is 190 cm³/mol. The summed E-state index contributed by atoms with van der Waals surface area (Å²) in [7, 11) is 0. The lowest BCUT2D eigenvalue weighted by molar-refractivity contribution is -0.314. The number of aliphatic hydroxyl groups is 5. The van der Waals surface area contributed by atoms with Crippen LogP contribution in [0.15, 0.2) is 23.8 Å². The maximum atomic E-state index is 14.9. The van der Waals surface area contributed by atoms with Gasteiger partial charge >= 0.3 is 11.9 Å². The van der Waals surface area contributed by atoms with Gasteiger partial charge in [-0.05, 0) is 75.7 Å². The number of carbonyl (C=O) groups excluding carboxylic acids is 4. The molecule has 0 bridgehead atoms. The van der Waals surface area contributed by atoms with Gasteiger partial charge in [0.05, 0.1) is 30.0 Å². The van der Waals surface area contributed by atoms with E-state index in [0.717, 1.165) is 25.5 Å². The van der Waals surface area contributed by atoms with Crippen molar-refractivity contribution in [2.75, 3.05) is 0 Å². The molecule has 5 rings (SSSR count). The van der Waals surface area contributed by atoms with Crippen LogP contribution < -0.4 is 0 Å². The number of rotatable bonds is 8. The molecule has 13 heteroatoms. The molecule has 5 N–H and O–H groups in total. The molecule has 4 fully saturated rings. The molecule has 53 heavy (non-hydrogen) atoms. The van der Waals surface area contributed by atoms with E-state index in [1.54, 1.807) is 6.92 Å². The fourth-order valence-corrected chi connectivity index (χ4v) is 11.1. The standard InChI is InChI=1S/C40H60O13/c1-19-29(46)30(51-20(2)41)31(52-21(3)42)34(50-19)53-25-17-37(8)26-13-12-22-23(16-24(43)33(47)36(22,6)7)39(26,10)28(45)18-38(37,9)32(25)40(11,49)27(44)14-15-35(4,5)48/h12,14-15,19,23-26,29-34,43,46-49H,13,16-18H2,1-11H3/b15-14+/t19-,23+,24-,25+,26-,29-,30-,31-,32-,33+,34-,37-,38+,39-,40-/m0/s1. The summed E-state index contributed by atoms with van der Waals surface area (Å²) in [6.45, 7) is 17.8. The lowest BCUT2D eigenvalue weighted by Gasteiger charge is -2.65. The van der Waals surface area contributed by atoms with Crippen LogP contribution in [0.3, 0.4) is 0 Å². The monoisotopic (exact) mass is 748 g/mol. The van der Waals surface area contributed by atoms with Gasteiger partial charge in [0.15, 0.2) is 24.3 Å². The van der Waals surface area contributed by atoms with Crippen LogP contribution in [-0.4, -0.2) is 109 Å². The van der Waals surface area contributed by atoms with Gasteiger partial charge in [0.1, 0.15) is 17.5 Å². The minimum atomic E-state index is -2.16. The van der Waals surface area contributed by atoms with Crippen molar-refractivity contribution in [1.82, 2.24) is 0 Å². The zero-order valence-corrected chi connectivity index (χ0v) is 32.9. The summed E-state index contributed by atoms with van der Waals surface area (Å²) in [4.78, 5) is 53.5. The molecule has 15 atom stereocenters. The first kappa shape index (κ1) is 41.6. The summed E-state index contributed by atoms with van der Waals surface area (Å²) in [5.74, 6) is -4.09. The van der Waals surface area contributed by atoms with Gasteiger partial charge in [-0.2, -0.15) is 0 Å². The summed E-state index contributed by atoms with van der Waals surface area (Å²) >= 11 is 0. The van der Waals surface area contributed by atoms with Crippen LogP contribution in [0.2, 0.25) is 0 Å². The lowest BCUT2D eigenvalue weighted by atomic mass is 9.38. The highest BCUT2D eigenvalue weighted by Gasteiger charge is 2.75. The maximum Gasteiger partial charge on any atom is 0.303 e. The van der Waals surface area contributed by atoms with Gasteiger partial charge in [-0.25, -0.2) is 0 Å². The third-order valence-corrected chi connectivity index (χ3v) is 14.0. The Hall–Kier alpha value is -2.52. The van der Waals surface area contributed by atoms with Crippen molar-refractivity contribution in [1.29, 1.82) is 0 Å². The van der Waals surface area contributed by atoms with Crippen molar-refractivity contribution in [3.05, 3.63) is 23.8 Å². The second-order valence-electron chi connectivity index (χ2n) is 18.4. The normalized spacial score (nSPS) is 44.9. The maximum absolute atomic E-state index is 14.9. The first-order valence-electron chi connectivity index (χ1n) is 18.8. The van der Waals surface area contributed by atoms with Gasteiger partial charge in [0.25, 0.3) is 0 Å². The van der Waals surface area contributed by atoms with Crippen molar-refractivity contribution in [2.24, 2.45) is 39.4 Å². The molecule has 0 spiro atoms. The van der Waals surface area contributed by atoms with Crippen molar-refractivity contribution >= 4 is 23.5 Å². The molecular formula is C40H60O13. The zero-order valence-electron chi connectivity index (χ0n) is 32.9. The van der Waals surface area contributed by atoms with E-state index in [2.05, 4.69) is 6.08 Å². The molecular weight excluding hydrogens is 688 g/mol. The third-order valence-electron chi connectivity index (χ3n) is 14.0.